The van der Waals surface area contributed by atoms with Crippen molar-refractivity contribution in [3.05, 3.63) is 83.1 Å². The summed E-state index contributed by atoms with van der Waals surface area (Å²) in [4.78, 5) is 35.3. The number of hydrogen-bond donors (Lipinski definition) is 2. The predicted octanol–water partition coefficient (Wildman–Crippen LogP) is 5.14. The maximum atomic E-state index is 12.9. The second-order valence-electron chi connectivity index (χ2n) is 8.50. The number of aromatic nitrogens is 2. The second kappa shape index (κ2) is 9.80. The van der Waals surface area contributed by atoms with E-state index in [0.29, 0.717) is 28.6 Å². The summed E-state index contributed by atoms with van der Waals surface area (Å²) in [5, 5.41) is 3.36. The normalized spacial score (nSPS) is 15.1. The van der Waals surface area contributed by atoms with E-state index in [9.17, 15) is 9.59 Å². The zero-order valence-corrected chi connectivity index (χ0v) is 20.0. The van der Waals surface area contributed by atoms with Crippen molar-refractivity contribution in [2.24, 2.45) is 0 Å². The summed E-state index contributed by atoms with van der Waals surface area (Å²) in [6, 6.07) is 20.9. The van der Waals surface area contributed by atoms with Gasteiger partial charge in [0.15, 0.2) is 6.10 Å². The minimum absolute atomic E-state index is 0.143. The van der Waals surface area contributed by atoms with Crippen LogP contribution in [0.2, 0.25) is 5.02 Å². The van der Waals surface area contributed by atoms with E-state index in [4.69, 9.17) is 16.3 Å². The molecule has 0 spiro atoms. The number of ether oxygens (including phenoxy) is 1. The van der Waals surface area contributed by atoms with E-state index in [1.807, 2.05) is 43.3 Å². The van der Waals surface area contributed by atoms with Crippen molar-refractivity contribution in [3.8, 4) is 5.75 Å². The van der Waals surface area contributed by atoms with Crippen LogP contribution in [0.25, 0.3) is 11.0 Å². The molecule has 1 atom stereocenters. The van der Waals surface area contributed by atoms with E-state index in [1.165, 1.54) is 10.5 Å². The van der Waals surface area contributed by atoms with Crippen LogP contribution in [0.15, 0.2) is 66.7 Å². The van der Waals surface area contributed by atoms with Crippen LogP contribution in [0.1, 0.15) is 24.7 Å². The van der Waals surface area contributed by atoms with Crippen LogP contribution in [0.3, 0.4) is 0 Å². The number of benzene rings is 3. The summed E-state index contributed by atoms with van der Waals surface area (Å²) in [6.45, 7) is 1.73. The Hall–Kier alpha value is -3.84. The molecule has 2 amide bonds. The SMILES string of the molecule is CC[C@H]1Oc2ccc(Cl)cc2N(CC(=O)Nc2ccc3nc(CCc4ccccc4)[nH]c3c2)C1=O. The number of nitrogens with one attached hydrogen (secondary N) is 2. The van der Waals surface area contributed by atoms with Crippen LogP contribution in [0.5, 0.6) is 5.75 Å². The molecule has 0 aliphatic carbocycles. The number of hydrogen-bond acceptors (Lipinski definition) is 4. The van der Waals surface area contributed by atoms with Gasteiger partial charge in [0.05, 0.1) is 16.7 Å². The van der Waals surface area contributed by atoms with Gasteiger partial charge in [0, 0.05) is 17.1 Å². The third-order valence-electron chi connectivity index (χ3n) is 6.00. The number of aryl methyl sites for hydroxylation is 2. The summed E-state index contributed by atoms with van der Waals surface area (Å²) >= 11 is 6.14. The molecule has 0 radical (unpaired) electrons. The lowest BCUT2D eigenvalue weighted by Gasteiger charge is -2.33. The Labute approximate surface area is 208 Å². The Morgan fingerprint density at radius 3 is 2.74 bits per heavy atom. The van der Waals surface area contributed by atoms with Crippen LogP contribution in [-0.2, 0) is 22.4 Å². The number of nitrogens with zero attached hydrogens (tertiary/aromatic N) is 2. The maximum Gasteiger partial charge on any atom is 0.268 e. The molecule has 1 aliphatic heterocycles. The highest BCUT2D eigenvalue weighted by molar-refractivity contribution is 6.31. The van der Waals surface area contributed by atoms with Gasteiger partial charge in [-0.3, -0.25) is 14.5 Å². The van der Waals surface area contributed by atoms with Gasteiger partial charge in [-0.05, 0) is 54.8 Å². The van der Waals surface area contributed by atoms with Gasteiger partial charge in [-0.15, -0.1) is 0 Å². The number of amides is 2. The fourth-order valence-corrected chi connectivity index (χ4v) is 4.39. The standard InChI is InChI=1S/C27H25ClN4O3/c1-2-23-27(34)32(22-14-18(28)9-12-24(22)35-23)16-26(33)29-19-10-11-20-21(15-19)31-25(30-20)13-8-17-6-4-3-5-7-17/h3-7,9-12,14-15,23H,2,8,13,16H2,1H3,(H,29,33)(H,30,31)/t23-/m1/s1. The van der Waals surface area contributed by atoms with Crippen LogP contribution in [0, 0.1) is 0 Å². The van der Waals surface area contributed by atoms with Gasteiger partial charge in [0.25, 0.3) is 5.91 Å². The fourth-order valence-electron chi connectivity index (χ4n) is 4.23. The van der Waals surface area contributed by atoms with E-state index in [2.05, 4.69) is 27.4 Å². The minimum atomic E-state index is -0.632. The number of carbonyl (C=O) groups excluding carboxylic acids is 2. The number of fused-ring (bicyclic) bond motifs is 2. The molecule has 178 valence electrons. The molecule has 0 saturated heterocycles. The monoisotopic (exact) mass is 488 g/mol. The average Bonchev–Trinajstić information content (AvgIpc) is 3.27. The van der Waals surface area contributed by atoms with E-state index in [-0.39, 0.29) is 18.4 Å². The zero-order chi connectivity index (χ0) is 24.4. The number of halogens is 1. The molecule has 0 unspecified atom stereocenters. The number of imidazole rings is 1. The summed E-state index contributed by atoms with van der Waals surface area (Å²) in [7, 11) is 0. The number of H-pyrrole nitrogens is 1. The number of rotatable bonds is 7. The number of aromatic amines is 1. The highest BCUT2D eigenvalue weighted by atomic mass is 35.5. The fraction of sp³-hybridized carbons (Fsp3) is 0.222. The van der Waals surface area contributed by atoms with E-state index < -0.39 is 6.10 Å². The molecule has 2 N–H and O–H groups in total. The molecule has 0 saturated carbocycles. The predicted molar refractivity (Wildman–Crippen MR) is 137 cm³/mol. The molecule has 5 rings (SSSR count). The first-order valence-corrected chi connectivity index (χ1v) is 12.0. The summed E-state index contributed by atoms with van der Waals surface area (Å²) in [5.74, 6) is 0.856. The number of anilines is 2. The summed E-state index contributed by atoms with van der Waals surface area (Å²) < 4.78 is 5.78. The van der Waals surface area contributed by atoms with Gasteiger partial charge in [-0.1, -0.05) is 48.9 Å². The van der Waals surface area contributed by atoms with Crippen molar-refractivity contribution in [2.45, 2.75) is 32.3 Å². The largest absolute Gasteiger partial charge is 0.478 e. The van der Waals surface area contributed by atoms with Crippen molar-refractivity contribution < 1.29 is 14.3 Å². The van der Waals surface area contributed by atoms with Crippen LogP contribution < -0.4 is 15.0 Å². The summed E-state index contributed by atoms with van der Waals surface area (Å²) in [6.07, 6.45) is 1.55. The van der Waals surface area contributed by atoms with Crippen LogP contribution >= 0.6 is 11.6 Å². The molecule has 8 heteroatoms. The van der Waals surface area contributed by atoms with E-state index >= 15 is 0 Å². The van der Waals surface area contributed by atoms with Gasteiger partial charge < -0.3 is 15.0 Å². The highest BCUT2D eigenvalue weighted by Crippen LogP contribution is 2.36. The molecule has 7 nitrogen and oxygen atoms in total. The van der Waals surface area contributed by atoms with Gasteiger partial charge in [0.1, 0.15) is 18.1 Å². The Balaban J connectivity index is 1.29. The molecule has 0 bridgehead atoms. The Kier molecular flexibility index (Phi) is 6.42. The number of carbonyl (C=O) groups is 2. The molecule has 2 heterocycles. The first-order chi connectivity index (χ1) is 17.0. The quantitative estimate of drug-likeness (QED) is 0.377. The Morgan fingerprint density at radius 1 is 1.11 bits per heavy atom. The van der Waals surface area contributed by atoms with Gasteiger partial charge in [0.2, 0.25) is 5.91 Å². The second-order valence-corrected chi connectivity index (χ2v) is 8.94. The Bertz CT molecular complexity index is 1390. The molecular weight excluding hydrogens is 464 g/mol. The van der Waals surface area contributed by atoms with Crippen molar-refractivity contribution in [1.29, 1.82) is 0 Å². The van der Waals surface area contributed by atoms with Gasteiger partial charge in [-0.2, -0.15) is 0 Å². The van der Waals surface area contributed by atoms with Gasteiger partial charge >= 0.3 is 0 Å². The summed E-state index contributed by atoms with van der Waals surface area (Å²) in [5.41, 5.74) is 4.06. The smallest absolute Gasteiger partial charge is 0.268 e. The maximum absolute atomic E-state index is 12.9. The lowest BCUT2D eigenvalue weighted by molar-refractivity contribution is -0.128. The van der Waals surface area contributed by atoms with E-state index in [0.717, 1.165) is 29.7 Å². The molecule has 1 aromatic heterocycles. The van der Waals surface area contributed by atoms with Crippen LogP contribution in [0.4, 0.5) is 11.4 Å². The lowest BCUT2D eigenvalue weighted by atomic mass is 10.1. The van der Waals surface area contributed by atoms with Crippen molar-refractivity contribution in [2.75, 3.05) is 16.8 Å². The molecule has 35 heavy (non-hydrogen) atoms. The molecule has 1 aliphatic rings. The Morgan fingerprint density at radius 2 is 1.94 bits per heavy atom. The lowest BCUT2D eigenvalue weighted by Crippen LogP contribution is -2.48. The highest BCUT2D eigenvalue weighted by Gasteiger charge is 2.34. The molecular formula is C27H25ClN4O3. The first kappa shape index (κ1) is 22.9. The first-order valence-electron chi connectivity index (χ1n) is 11.6. The van der Waals surface area contributed by atoms with E-state index in [1.54, 1.807) is 18.2 Å². The van der Waals surface area contributed by atoms with Crippen molar-refractivity contribution >= 4 is 45.8 Å². The molecule has 0 fully saturated rings. The third kappa shape index (κ3) is 5.00. The van der Waals surface area contributed by atoms with Gasteiger partial charge in [-0.25, -0.2) is 4.98 Å². The van der Waals surface area contributed by atoms with Crippen molar-refractivity contribution in [1.82, 2.24) is 9.97 Å². The topological polar surface area (TPSA) is 87.3 Å². The van der Waals surface area contributed by atoms with Crippen molar-refractivity contribution in [3.63, 3.8) is 0 Å². The molecule has 3 aromatic carbocycles. The third-order valence-corrected chi connectivity index (χ3v) is 6.24. The average molecular weight is 489 g/mol. The van der Waals surface area contributed by atoms with Crippen LogP contribution in [-0.4, -0.2) is 34.4 Å². The zero-order valence-electron chi connectivity index (χ0n) is 19.3. The minimum Gasteiger partial charge on any atom is -0.478 e. The molecule has 4 aromatic rings.